The third-order valence-corrected chi connectivity index (χ3v) is 3.06. The van der Waals surface area contributed by atoms with Crippen LogP contribution in [0.1, 0.15) is 33.6 Å². The number of carbonyl (C=O) groups is 2. The molecule has 7 heteroatoms. The number of ether oxygens (including phenoxy) is 1. The van der Waals surface area contributed by atoms with Crippen molar-refractivity contribution < 1.29 is 24.3 Å². The predicted molar refractivity (Wildman–Crippen MR) is 71.7 cm³/mol. The van der Waals surface area contributed by atoms with Gasteiger partial charge in [-0.2, -0.15) is 0 Å². The number of β-amino-alcohol motifs (C(OH)–C–C–N with tert-alkyl or cyclic N) is 1. The molecule has 1 saturated heterocycles. The molecule has 0 aromatic rings. The minimum Gasteiger partial charge on any atom is -0.444 e. The van der Waals surface area contributed by atoms with Crippen molar-refractivity contribution >= 4 is 12.0 Å². The number of hydrogen-bond donors (Lipinski definition) is 1. The molecule has 20 heavy (non-hydrogen) atoms. The average molecular weight is 288 g/mol. The summed E-state index contributed by atoms with van der Waals surface area (Å²) in [4.78, 5) is 30.1. The van der Waals surface area contributed by atoms with Crippen LogP contribution in [-0.4, -0.2) is 65.5 Å². The highest BCUT2D eigenvalue weighted by atomic mass is 16.7. The molecule has 1 N–H and O–H groups in total. The van der Waals surface area contributed by atoms with E-state index in [1.54, 1.807) is 20.8 Å². The van der Waals surface area contributed by atoms with Gasteiger partial charge in [0.05, 0.1) is 19.8 Å². The van der Waals surface area contributed by atoms with E-state index in [4.69, 9.17) is 9.57 Å². The molecule has 0 spiro atoms. The zero-order chi connectivity index (χ0) is 15.5. The second kappa shape index (κ2) is 6.41. The van der Waals surface area contributed by atoms with Crippen LogP contribution in [0.3, 0.4) is 0 Å². The van der Waals surface area contributed by atoms with Gasteiger partial charge in [0, 0.05) is 19.5 Å². The number of nitrogens with zero attached hydrogens (tertiary/aromatic N) is 2. The number of amides is 2. The van der Waals surface area contributed by atoms with Gasteiger partial charge < -0.3 is 14.7 Å². The maximum Gasteiger partial charge on any atom is 0.410 e. The van der Waals surface area contributed by atoms with Gasteiger partial charge in [0.25, 0.3) is 0 Å². The topological polar surface area (TPSA) is 79.3 Å². The molecule has 0 unspecified atom stereocenters. The molecule has 0 radical (unpaired) electrons. The SMILES string of the molecule is CON(C)C(=O)C[C@@H]1C[C@H](O)CN1C(=O)OC(C)(C)C. The molecule has 1 aliphatic heterocycles. The predicted octanol–water partition coefficient (Wildman–Crippen LogP) is 0.767. The molecule has 0 aromatic carbocycles. The van der Waals surface area contributed by atoms with Crippen LogP contribution in [0.2, 0.25) is 0 Å². The first kappa shape index (κ1) is 16.7. The van der Waals surface area contributed by atoms with Crippen LogP contribution in [0.4, 0.5) is 4.79 Å². The minimum atomic E-state index is -0.631. The third-order valence-electron chi connectivity index (χ3n) is 3.06. The summed E-state index contributed by atoms with van der Waals surface area (Å²) in [5.74, 6) is -0.250. The quantitative estimate of drug-likeness (QED) is 0.776. The van der Waals surface area contributed by atoms with Crippen LogP contribution < -0.4 is 0 Å². The Bertz CT molecular complexity index is 366. The third kappa shape index (κ3) is 4.64. The van der Waals surface area contributed by atoms with Gasteiger partial charge in [0.15, 0.2) is 0 Å². The number of carbonyl (C=O) groups excluding carboxylic acids is 2. The van der Waals surface area contributed by atoms with Crippen molar-refractivity contribution in [3.63, 3.8) is 0 Å². The van der Waals surface area contributed by atoms with E-state index < -0.39 is 17.8 Å². The lowest BCUT2D eigenvalue weighted by atomic mass is 10.1. The highest BCUT2D eigenvalue weighted by molar-refractivity contribution is 5.77. The maximum absolute atomic E-state index is 12.1. The van der Waals surface area contributed by atoms with E-state index in [1.165, 1.54) is 19.1 Å². The molecule has 0 saturated carbocycles. The minimum absolute atomic E-state index is 0.0979. The van der Waals surface area contributed by atoms with Crippen LogP contribution in [0, 0.1) is 0 Å². The van der Waals surface area contributed by atoms with Crippen LogP contribution in [0.5, 0.6) is 0 Å². The highest BCUT2D eigenvalue weighted by Crippen LogP contribution is 2.24. The van der Waals surface area contributed by atoms with Crippen molar-refractivity contribution in [3.05, 3.63) is 0 Å². The van der Waals surface area contributed by atoms with E-state index in [0.717, 1.165) is 5.06 Å². The van der Waals surface area contributed by atoms with E-state index in [1.807, 2.05) is 0 Å². The van der Waals surface area contributed by atoms with Gasteiger partial charge in [-0.15, -0.1) is 0 Å². The van der Waals surface area contributed by atoms with Gasteiger partial charge in [-0.05, 0) is 27.2 Å². The number of likely N-dealkylation sites (tertiary alicyclic amines) is 1. The second-order valence-corrected chi connectivity index (χ2v) is 5.95. The van der Waals surface area contributed by atoms with E-state index in [-0.39, 0.29) is 24.9 Å². The van der Waals surface area contributed by atoms with Crippen LogP contribution in [-0.2, 0) is 14.4 Å². The van der Waals surface area contributed by atoms with E-state index >= 15 is 0 Å². The molecule has 1 fully saturated rings. The van der Waals surface area contributed by atoms with Crippen LogP contribution in [0.25, 0.3) is 0 Å². The summed E-state index contributed by atoms with van der Waals surface area (Å²) in [7, 11) is 2.90. The summed E-state index contributed by atoms with van der Waals surface area (Å²) in [6.45, 7) is 5.51. The second-order valence-electron chi connectivity index (χ2n) is 5.95. The molecule has 2 amide bonds. The molecular weight excluding hydrogens is 264 g/mol. The Hall–Kier alpha value is -1.34. The summed E-state index contributed by atoms with van der Waals surface area (Å²) < 4.78 is 5.29. The summed E-state index contributed by atoms with van der Waals surface area (Å²) >= 11 is 0. The normalized spacial score (nSPS) is 22.8. The fourth-order valence-electron chi connectivity index (χ4n) is 2.06. The lowest BCUT2D eigenvalue weighted by Crippen LogP contribution is -2.42. The van der Waals surface area contributed by atoms with Gasteiger partial charge in [-0.1, -0.05) is 0 Å². The Morgan fingerprint density at radius 2 is 2.00 bits per heavy atom. The summed E-state index contributed by atoms with van der Waals surface area (Å²) in [5.41, 5.74) is -0.609. The standard InChI is InChI=1S/C13H24N2O5/c1-13(2,3)20-12(18)15-8-10(16)6-9(15)7-11(17)14(4)19-5/h9-10,16H,6-8H2,1-5H3/t9-,10-/m0/s1. The van der Waals surface area contributed by atoms with Crippen LogP contribution in [0.15, 0.2) is 0 Å². The van der Waals surface area contributed by atoms with E-state index in [9.17, 15) is 14.7 Å². The lowest BCUT2D eigenvalue weighted by molar-refractivity contribution is -0.169. The number of hydrogen-bond acceptors (Lipinski definition) is 5. The molecule has 2 atom stereocenters. The van der Waals surface area contributed by atoms with Crippen molar-refractivity contribution in [2.75, 3.05) is 20.7 Å². The van der Waals surface area contributed by atoms with Gasteiger partial charge in [-0.3, -0.25) is 9.63 Å². The Labute approximate surface area is 119 Å². The van der Waals surface area contributed by atoms with Crippen molar-refractivity contribution in [2.45, 2.75) is 51.4 Å². The first-order valence-electron chi connectivity index (χ1n) is 6.62. The fraction of sp³-hybridized carbons (Fsp3) is 0.846. The molecule has 0 aliphatic carbocycles. The molecule has 1 aliphatic rings. The van der Waals surface area contributed by atoms with Gasteiger partial charge >= 0.3 is 6.09 Å². The first-order chi connectivity index (χ1) is 9.14. The number of aliphatic hydroxyl groups excluding tert-OH is 1. The summed E-state index contributed by atoms with van der Waals surface area (Å²) in [5, 5.41) is 10.8. The molecule has 116 valence electrons. The van der Waals surface area contributed by atoms with E-state index in [2.05, 4.69) is 0 Å². The molecular formula is C13H24N2O5. The maximum atomic E-state index is 12.1. The smallest absolute Gasteiger partial charge is 0.410 e. The average Bonchev–Trinajstić information content (AvgIpc) is 2.67. The van der Waals surface area contributed by atoms with Crippen molar-refractivity contribution in [2.24, 2.45) is 0 Å². The zero-order valence-corrected chi connectivity index (χ0v) is 12.8. The van der Waals surface area contributed by atoms with Crippen molar-refractivity contribution in [1.82, 2.24) is 9.96 Å². The monoisotopic (exact) mass is 288 g/mol. The number of aliphatic hydroxyl groups is 1. The number of hydroxylamine groups is 2. The lowest BCUT2D eigenvalue weighted by Gasteiger charge is -2.28. The van der Waals surface area contributed by atoms with E-state index in [0.29, 0.717) is 6.42 Å². The Morgan fingerprint density at radius 1 is 1.40 bits per heavy atom. The molecule has 1 heterocycles. The van der Waals surface area contributed by atoms with Gasteiger partial charge in [-0.25, -0.2) is 9.86 Å². The zero-order valence-electron chi connectivity index (χ0n) is 12.8. The Balaban J connectivity index is 2.69. The molecule has 1 rings (SSSR count). The molecule has 0 bridgehead atoms. The highest BCUT2D eigenvalue weighted by Gasteiger charge is 2.38. The van der Waals surface area contributed by atoms with Crippen molar-refractivity contribution in [3.8, 4) is 0 Å². The Morgan fingerprint density at radius 3 is 2.50 bits per heavy atom. The summed E-state index contributed by atoms with van der Waals surface area (Å²) in [6, 6.07) is -0.370. The van der Waals surface area contributed by atoms with Crippen molar-refractivity contribution in [1.29, 1.82) is 0 Å². The first-order valence-corrected chi connectivity index (χ1v) is 6.62. The van der Waals surface area contributed by atoms with Crippen LogP contribution >= 0.6 is 0 Å². The van der Waals surface area contributed by atoms with Gasteiger partial charge in [0.2, 0.25) is 5.91 Å². The fourth-order valence-corrected chi connectivity index (χ4v) is 2.06. The summed E-state index contributed by atoms with van der Waals surface area (Å²) in [6.07, 6.45) is -0.677. The molecule has 7 nitrogen and oxygen atoms in total. The van der Waals surface area contributed by atoms with Gasteiger partial charge in [0.1, 0.15) is 5.60 Å². The molecule has 0 aromatic heterocycles. The largest absolute Gasteiger partial charge is 0.444 e. The Kier molecular flexibility index (Phi) is 5.35. The number of rotatable bonds is 3.